The maximum atomic E-state index is 11.9. The minimum Gasteiger partial charge on any atom is -0.379 e. The zero-order valence-electron chi connectivity index (χ0n) is 13.5. The molecule has 0 unspecified atom stereocenters. The first-order chi connectivity index (χ1) is 8.75. The second-order valence-corrected chi connectivity index (χ2v) is 6.38. The fraction of sp³-hybridized carbons (Fsp3) is 0.933. The third-order valence-electron chi connectivity index (χ3n) is 2.77. The van der Waals surface area contributed by atoms with E-state index in [9.17, 15) is 4.79 Å². The van der Waals surface area contributed by atoms with Gasteiger partial charge in [-0.2, -0.15) is 0 Å². The van der Waals surface area contributed by atoms with Crippen molar-refractivity contribution in [3.63, 3.8) is 0 Å². The quantitative estimate of drug-likeness (QED) is 0.606. The highest BCUT2D eigenvalue weighted by Crippen LogP contribution is 2.15. The van der Waals surface area contributed by atoms with Crippen molar-refractivity contribution in [1.82, 2.24) is 4.90 Å². The van der Waals surface area contributed by atoms with Crippen LogP contribution in [0.4, 0.5) is 0 Å². The van der Waals surface area contributed by atoms with Gasteiger partial charge in [0.15, 0.2) is 0 Å². The molecular formula is C15H31NO3. The predicted octanol–water partition coefficient (Wildman–Crippen LogP) is 2.57. The standard InChI is InChI=1S/C15H31NO3/c1-13(2)7-9-18-11-12-19-10-8-16(6)14(17)15(3,4)5/h13H,7-12H2,1-6H3. The van der Waals surface area contributed by atoms with Gasteiger partial charge >= 0.3 is 0 Å². The Bertz CT molecular complexity index is 246. The van der Waals surface area contributed by atoms with E-state index in [1.54, 1.807) is 4.90 Å². The second kappa shape index (κ2) is 9.32. The number of likely N-dealkylation sites (N-methyl/N-ethyl adjacent to an activating group) is 1. The molecule has 0 aromatic rings. The molecule has 0 aliphatic heterocycles. The minimum absolute atomic E-state index is 0.143. The first-order valence-corrected chi connectivity index (χ1v) is 7.16. The Morgan fingerprint density at radius 3 is 2.05 bits per heavy atom. The van der Waals surface area contributed by atoms with Gasteiger partial charge in [-0.3, -0.25) is 4.79 Å². The van der Waals surface area contributed by atoms with E-state index in [0.717, 1.165) is 13.0 Å². The zero-order chi connectivity index (χ0) is 14.9. The Hall–Kier alpha value is -0.610. The predicted molar refractivity (Wildman–Crippen MR) is 78.2 cm³/mol. The van der Waals surface area contributed by atoms with Crippen LogP contribution in [0.15, 0.2) is 0 Å². The Labute approximate surface area is 118 Å². The van der Waals surface area contributed by atoms with Crippen LogP contribution in [0, 0.1) is 11.3 Å². The molecule has 0 aliphatic carbocycles. The molecule has 0 aromatic carbocycles. The Balaban J connectivity index is 3.47. The summed E-state index contributed by atoms with van der Waals surface area (Å²) >= 11 is 0. The highest BCUT2D eigenvalue weighted by Gasteiger charge is 2.24. The molecule has 0 saturated carbocycles. The number of hydrogen-bond donors (Lipinski definition) is 0. The molecular weight excluding hydrogens is 242 g/mol. The molecule has 114 valence electrons. The van der Waals surface area contributed by atoms with Crippen molar-refractivity contribution in [3.05, 3.63) is 0 Å². The van der Waals surface area contributed by atoms with Gasteiger partial charge in [0.2, 0.25) is 5.91 Å². The summed E-state index contributed by atoms with van der Waals surface area (Å²) in [5, 5.41) is 0. The summed E-state index contributed by atoms with van der Waals surface area (Å²) in [7, 11) is 1.82. The van der Waals surface area contributed by atoms with Crippen LogP contribution in [0.25, 0.3) is 0 Å². The van der Waals surface area contributed by atoms with Gasteiger partial charge in [0.05, 0.1) is 19.8 Å². The lowest BCUT2D eigenvalue weighted by Crippen LogP contribution is -2.38. The molecule has 0 bridgehead atoms. The lowest BCUT2D eigenvalue weighted by molar-refractivity contribution is -0.138. The molecule has 4 nitrogen and oxygen atoms in total. The van der Waals surface area contributed by atoms with E-state index in [1.165, 1.54) is 0 Å². The van der Waals surface area contributed by atoms with Crippen molar-refractivity contribution < 1.29 is 14.3 Å². The third-order valence-corrected chi connectivity index (χ3v) is 2.77. The molecule has 0 fully saturated rings. The van der Waals surface area contributed by atoms with Crippen molar-refractivity contribution in [2.24, 2.45) is 11.3 Å². The fourth-order valence-electron chi connectivity index (χ4n) is 1.52. The number of carbonyl (C=O) groups excluding carboxylic acids is 1. The number of nitrogens with zero attached hydrogens (tertiary/aromatic N) is 1. The van der Waals surface area contributed by atoms with E-state index in [0.29, 0.717) is 32.3 Å². The highest BCUT2D eigenvalue weighted by atomic mass is 16.5. The van der Waals surface area contributed by atoms with Crippen LogP contribution in [-0.2, 0) is 14.3 Å². The number of carbonyl (C=O) groups is 1. The lowest BCUT2D eigenvalue weighted by Gasteiger charge is -2.25. The van der Waals surface area contributed by atoms with Crippen LogP contribution >= 0.6 is 0 Å². The maximum Gasteiger partial charge on any atom is 0.227 e. The number of ether oxygens (including phenoxy) is 2. The number of amides is 1. The second-order valence-electron chi connectivity index (χ2n) is 6.38. The van der Waals surface area contributed by atoms with Crippen molar-refractivity contribution in [2.75, 3.05) is 40.0 Å². The topological polar surface area (TPSA) is 38.8 Å². The van der Waals surface area contributed by atoms with E-state index in [1.807, 2.05) is 27.8 Å². The normalized spacial score (nSPS) is 11.9. The van der Waals surface area contributed by atoms with Crippen LogP contribution in [0.2, 0.25) is 0 Å². The maximum absolute atomic E-state index is 11.9. The zero-order valence-corrected chi connectivity index (χ0v) is 13.5. The average Bonchev–Trinajstić information content (AvgIpc) is 2.29. The van der Waals surface area contributed by atoms with Gasteiger partial charge in [0, 0.05) is 25.6 Å². The number of rotatable bonds is 9. The molecule has 0 saturated heterocycles. The molecule has 0 radical (unpaired) electrons. The summed E-state index contributed by atoms with van der Waals surface area (Å²) in [6.45, 7) is 13.3. The van der Waals surface area contributed by atoms with Crippen molar-refractivity contribution >= 4 is 5.91 Å². The molecule has 0 heterocycles. The van der Waals surface area contributed by atoms with Gasteiger partial charge in [-0.25, -0.2) is 0 Å². The summed E-state index contributed by atoms with van der Waals surface area (Å²) in [5.74, 6) is 0.822. The SMILES string of the molecule is CC(C)CCOCCOCCN(C)C(=O)C(C)(C)C. The van der Waals surface area contributed by atoms with E-state index in [2.05, 4.69) is 13.8 Å². The van der Waals surface area contributed by atoms with Crippen molar-refractivity contribution in [1.29, 1.82) is 0 Å². The Morgan fingerprint density at radius 1 is 1.05 bits per heavy atom. The Kier molecular flexibility index (Phi) is 9.02. The monoisotopic (exact) mass is 273 g/mol. The van der Waals surface area contributed by atoms with Crippen LogP contribution in [0.3, 0.4) is 0 Å². The van der Waals surface area contributed by atoms with Gasteiger partial charge in [-0.15, -0.1) is 0 Å². The minimum atomic E-state index is -0.325. The van der Waals surface area contributed by atoms with Gasteiger partial charge in [-0.1, -0.05) is 34.6 Å². The van der Waals surface area contributed by atoms with E-state index in [4.69, 9.17) is 9.47 Å². The largest absolute Gasteiger partial charge is 0.379 e. The summed E-state index contributed by atoms with van der Waals surface area (Å²) in [6, 6.07) is 0. The summed E-state index contributed by atoms with van der Waals surface area (Å²) in [6.07, 6.45) is 1.09. The molecule has 0 aromatic heterocycles. The summed E-state index contributed by atoms with van der Waals surface area (Å²) in [5.41, 5.74) is -0.325. The first-order valence-electron chi connectivity index (χ1n) is 7.16. The fourth-order valence-corrected chi connectivity index (χ4v) is 1.52. The summed E-state index contributed by atoms with van der Waals surface area (Å²) in [4.78, 5) is 13.6. The first kappa shape index (κ1) is 18.4. The molecule has 0 N–H and O–H groups in total. The van der Waals surface area contributed by atoms with Crippen molar-refractivity contribution in [3.8, 4) is 0 Å². The molecule has 0 aliphatic rings. The van der Waals surface area contributed by atoms with Crippen LogP contribution < -0.4 is 0 Å². The van der Waals surface area contributed by atoms with Gasteiger partial charge in [-0.05, 0) is 12.3 Å². The smallest absolute Gasteiger partial charge is 0.227 e. The molecule has 4 heteroatoms. The van der Waals surface area contributed by atoms with Crippen LogP contribution in [-0.4, -0.2) is 50.8 Å². The number of hydrogen-bond acceptors (Lipinski definition) is 3. The van der Waals surface area contributed by atoms with E-state index < -0.39 is 0 Å². The third kappa shape index (κ3) is 9.91. The van der Waals surface area contributed by atoms with Gasteiger partial charge in [0.25, 0.3) is 0 Å². The van der Waals surface area contributed by atoms with Crippen LogP contribution in [0.1, 0.15) is 41.0 Å². The van der Waals surface area contributed by atoms with E-state index in [-0.39, 0.29) is 11.3 Å². The van der Waals surface area contributed by atoms with Crippen molar-refractivity contribution in [2.45, 2.75) is 41.0 Å². The van der Waals surface area contributed by atoms with E-state index >= 15 is 0 Å². The molecule has 1 amide bonds. The lowest BCUT2D eigenvalue weighted by atomic mass is 9.95. The van der Waals surface area contributed by atoms with Gasteiger partial charge < -0.3 is 14.4 Å². The van der Waals surface area contributed by atoms with Gasteiger partial charge in [0.1, 0.15) is 0 Å². The van der Waals surface area contributed by atoms with Crippen LogP contribution in [0.5, 0.6) is 0 Å². The molecule has 0 atom stereocenters. The average molecular weight is 273 g/mol. The molecule has 19 heavy (non-hydrogen) atoms. The molecule has 0 rings (SSSR count). The summed E-state index contributed by atoms with van der Waals surface area (Å²) < 4.78 is 10.9. The molecule has 0 spiro atoms. The highest BCUT2D eigenvalue weighted by molar-refractivity contribution is 5.81. The Morgan fingerprint density at radius 2 is 1.58 bits per heavy atom.